The van der Waals surface area contributed by atoms with Crippen LogP contribution in [-0.2, 0) is 16.1 Å². The van der Waals surface area contributed by atoms with Crippen molar-refractivity contribution >= 4 is 23.6 Å². The molecule has 2 heterocycles. The summed E-state index contributed by atoms with van der Waals surface area (Å²) < 4.78 is 8.34. The van der Waals surface area contributed by atoms with Crippen molar-refractivity contribution in [2.75, 3.05) is 0 Å². The molecule has 1 aromatic carbocycles. The highest BCUT2D eigenvalue weighted by atomic mass is 35.5. The van der Waals surface area contributed by atoms with Crippen molar-refractivity contribution in [3.05, 3.63) is 63.5 Å². The standard InChI is InChI=1S/C26H32ClN7O4/c1-26(2,3)38-25(37)29-24(17-5-4-6-18(27)13-17)16-7-9-19(10-8-16)34-23(36)12-11-20(31-34)21-14-33(32-30-21)15-22(28)35/h4-6,11-14,16,19,24H,7-10,15H2,1-3H3,(H2,28,35)(H,29,37). The van der Waals surface area contributed by atoms with Crippen LogP contribution in [0, 0.1) is 5.92 Å². The molecule has 2 amide bonds. The first-order valence-electron chi connectivity index (χ1n) is 12.5. The predicted molar refractivity (Wildman–Crippen MR) is 141 cm³/mol. The van der Waals surface area contributed by atoms with Crippen LogP contribution in [0.5, 0.6) is 0 Å². The summed E-state index contributed by atoms with van der Waals surface area (Å²) in [4.78, 5) is 36.5. The van der Waals surface area contributed by atoms with Gasteiger partial charge in [0.25, 0.3) is 5.56 Å². The Labute approximate surface area is 225 Å². The molecule has 0 aliphatic heterocycles. The van der Waals surface area contributed by atoms with Gasteiger partial charge in [0.2, 0.25) is 5.91 Å². The van der Waals surface area contributed by atoms with Gasteiger partial charge in [-0.25, -0.2) is 14.2 Å². The molecule has 4 rings (SSSR count). The van der Waals surface area contributed by atoms with Crippen LogP contribution in [0.4, 0.5) is 4.79 Å². The highest BCUT2D eigenvalue weighted by Crippen LogP contribution is 2.39. The molecule has 1 atom stereocenters. The molecular formula is C26H32ClN7O4. The molecule has 38 heavy (non-hydrogen) atoms. The summed E-state index contributed by atoms with van der Waals surface area (Å²) in [6.45, 7) is 5.37. The highest BCUT2D eigenvalue weighted by molar-refractivity contribution is 6.30. The van der Waals surface area contributed by atoms with Gasteiger partial charge in [0.15, 0.2) is 0 Å². The Kier molecular flexibility index (Phi) is 8.15. The van der Waals surface area contributed by atoms with E-state index in [4.69, 9.17) is 22.1 Å². The molecule has 3 N–H and O–H groups in total. The SMILES string of the molecule is CC(C)(C)OC(=O)NC(c1cccc(Cl)c1)C1CCC(n2nc(-c3cn(CC(N)=O)nn3)ccc2=O)CC1. The fourth-order valence-electron chi connectivity index (χ4n) is 4.76. The number of nitrogens with two attached hydrogens (primary N) is 1. The smallest absolute Gasteiger partial charge is 0.408 e. The number of alkyl carbamates (subject to hydrolysis) is 1. The Balaban J connectivity index is 1.50. The van der Waals surface area contributed by atoms with Crippen LogP contribution in [0.3, 0.4) is 0 Å². The maximum absolute atomic E-state index is 12.7. The van der Waals surface area contributed by atoms with Crippen LogP contribution >= 0.6 is 11.6 Å². The van der Waals surface area contributed by atoms with E-state index in [1.54, 1.807) is 18.3 Å². The van der Waals surface area contributed by atoms with Crippen LogP contribution in [0.25, 0.3) is 11.4 Å². The molecule has 1 saturated carbocycles. The Morgan fingerprint density at radius 1 is 1.16 bits per heavy atom. The van der Waals surface area contributed by atoms with Crippen molar-refractivity contribution in [2.45, 2.75) is 70.7 Å². The topological polar surface area (TPSA) is 147 Å². The lowest BCUT2D eigenvalue weighted by atomic mass is 9.79. The van der Waals surface area contributed by atoms with Gasteiger partial charge in [0.1, 0.15) is 23.5 Å². The number of primary amides is 1. The molecule has 12 heteroatoms. The molecule has 1 aliphatic carbocycles. The molecule has 1 aliphatic rings. The van der Waals surface area contributed by atoms with Gasteiger partial charge in [-0.1, -0.05) is 28.9 Å². The lowest BCUT2D eigenvalue weighted by molar-refractivity contribution is -0.118. The third-order valence-corrected chi connectivity index (χ3v) is 6.62. The van der Waals surface area contributed by atoms with E-state index in [-0.39, 0.29) is 30.1 Å². The fourth-order valence-corrected chi connectivity index (χ4v) is 4.96. The summed E-state index contributed by atoms with van der Waals surface area (Å²) >= 11 is 6.26. The van der Waals surface area contributed by atoms with Gasteiger partial charge in [0, 0.05) is 11.1 Å². The third kappa shape index (κ3) is 6.97. The van der Waals surface area contributed by atoms with Crippen LogP contribution < -0.4 is 16.6 Å². The zero-order valence-corrected chi connectivity index (χ0v) is 22.4. The molecule has 2 aromatic heterocycles. The summed E-state index contributed by atoms with van der Waals surface area (Å²) in [7, 11) is 0. The molecular weight excluding hydrogens is 510 g/mol. The fraction of sp³-hybridized carbons (Fsp3) is 0.462. The molecule has 0 spiro atoms. The number of nitrogens with one attached hydrogen (secondary N) is 1. The normalized spacial score (nSPS) is 18.5. The van der Waals surface area contributed by atoms with E-state index >= 15 is 0 Å². The second-order valence-electron chi connectivity index (χ2n) is 10.5. The van der Waals surface area contributed by atoms with Gasteiger partial charge in [-0.3, -0.25) is 9.59 Å². The van der Waals surface area contributed by atoms with Crippen LogP contribution in [0.15, 0.2) is 47.4 Å². The molecule has 0 bridgehead atoms. The summed E-state index contributed by atoms with van der Waals surface area (Å²) in [5.74, 6) is -0.418. The van der Waals surface area contributed by atoms with E-state index in [0.717, 1.165) is 18.4 Å². The average Bonchev–Trinajstić information content (AvgIpc) is 3.30. The first-order valence-corrected chi connectivity index (χ1v) is 12.9. The van der Waals surface area contributed by atoms with Gasteiger partial charge < -0.3 is 15.8 Å². The lowest BCUT2D eigenvalue weighted by Crippen LogP contribution is -2.39. The van der Waals surface area contributed by atoms with Crippen molar-refractivity contribution < 1.29 is 14.3 Å². The number of halogens is 1. The number of carbonyl (C=O) groups excluding carboxylic acids is 2. The van der Waals surface area contributed by atoms with Crippen molar-refractivity contribution in [3.8, 4) is 11.4 Å². The lowest BCUT2D eigenvalue weighted by Gasteiger charge is -2.35. The van der Waals surface area contributed by atoms with Crippen molar-refractivity contribution in [1.82, 2.24) is 30.1 Å². The number of hydrogen-bond donors (Lipinski definition) is 2. The first kappa shape index (κ1) is 27.3. The summed E-state index contributed by atoms with van der Waals surface area (Å²) in [6.07, 6.45) is 3.98. The quantitative estimate of drug-likeness (QED) is 0.464. The van der Waals surface area contributed by atoms with Crippen LogP contribution in [0.2, 0.25) is 5.02 Å². The number of nitrogens with zero attached hydrogens (tertiary/aromatic N) is 5. The van der Waals surface area contributed by atoms with Gasteiger partial charge in [-0.2, -0.15) is 5.10 Å². The largest absolute Gasteiger partial charge is 0.444 e. The average molecular weight is 542 g/mol. The van der Waals surface area contributed by atoms with E-state index in [9.17, 15) is 14.4 Å². The van der Waals surface area contributed by atoms with Gasteiger partial charge in [-0.15, -0.1) is 5.10 Å². The summed E-state index contributed by atoms with van der Waals surface area (Å²) in [5, 5.41) is 16.1. The number of carbonyl (C=O) groups is 2. The molecule has 0 saturated heterocycles. The van der Waals surface area contributed by atoms with E-state index in [1.807, 2.05) is 39.0 Å². The monoisotopic (exact) mass is 541 g/mol. The Hall–Kier alpha value is -3.73. The van der Waals surface area contributed by atoms with E-state index < -0.39 is 17.6 Å². The number of rotatable bonds is 7. The van der Waals surface area contributed by atoms with E-state index in [2.05, 4.69) is 20.7 Å². The number of hydrogen-bond acceptors (Lipinski definition) is 7. The molecule has 0 radical (unpaired) electrons. The van der Waals surface area contributed by atoms with Crippen molar-refractivity contribution in [3.63, 3.8) is 0 Å². The second-order valence-corrected chi connectivity index (χ2v) is 11.0. The van der Waals surface area contributed by atoms with E-state index in [0.29, 0.717) is 29.3 Å². The summed E-state index contributed by atoms with van der Waals surface area (Å²) in [6, 6.07) is 10.1. The van der Waals surface area contributed by atoms with Gasteiger partial charge in [0.05, 0.1) is 18.3 Å². The van der Waals surface area contributed by atoms with Crippen molar-refractivity contribution in [2.24, 2.45) is 11.7 Å². The molecule has 11 nitrogen and oxygen atoms in total. The zero-order chi connectivity index (χ0) is 27.4. The molecule has 3 aromatic rings. The minimum absolute atomic E-state index is 0.0955. The van der Waals surface area contributed by atoms with Gasteiger partial charge >= 0.3 is 6.09 Å². The number of aromatic nitrogens is 5. The molecule has 1 fully saturated rings. The molecule has 202 valence electrons. The van der Waals surface area contributed by atoms with Crippen LogP contribution in [-0.4, -0.2) is 42.4 Å². The van der Waals surface area contributed by atoms with Crippen LogP contribution in [0.1, 0.15) is 64.1 Å². The third-order valence-electron chi connectivity index (χ3n) is 6.38. The maximum atomic E-state index is 12.7. The minimum Gasteiger partial charge on any atom is -0.444 e. The van der Waals surface area contributed by atoms with Gasteiger partial charge in [-0.05, 0) is 76.1 Å². The first-order chi connectivity index (χ1) is 18.0. The number of benzene rings is 1. The Bertz CT molecular complexity index is 1360. The van der Waals surface area contributed by atoms with Crippen molar-refractivity contribution in [1.29, 1.82) is 0 Å². The molecule has 1 unspecified atom stereocenters. The zero-order valence-electron chi connectivity index (χ0n) is 21.6. The number of ether oxygens (including phenoxy) is 1. The number of amides is 2. The minimum atomic E-state index is -0.621. The Morgan fingerprint density at radius 3 is 2.55 bits per heavy atom. The summed E-state index contributed by atoms with van der Waals surface area (Å²) in [5.41, 5.74) is 6.21. The second kappa shape index (κ2) is 11.3. The highest BCUT2D eigenvalue weighted by Gasteiger charge is 2.32. The predicted octanol–water partition coefficient (Wildman–Crippen LogP) is 3.64. The maximum Gasteiger partial charge on any atom is 0.408 e. The van der Waals surface area contributed by atoms with E-state index in [1.165, 1.54) is 15.4 Å². The Morgan fingerprint density at radius 2 is 1.89 bits per heavy atom.